The molecule has 4 nitrogen and oxygen atoms in total. The van der Waals surface area contributed by atoms with Crippen LogP contribution < -0.4 is 0 Å². The van der Waals surface area contributed by atoms with Gasteiger partial charge in [-0.25, -0.2) is 4.79 Å². The zero-order valence-corrected chi connectivity index (χ0v) is 12.5. The summed E-state index contributed by atoms with van der Waals surface area (Å²) in [6, 6.07) is 6.67. The Bertz CT molecular complexity index is 544. The molecule has 1 aromatic rings. The second-order valence-corrected chi connectivity index (χ2v) is 5.85. The average molecular weight is 338 g/mol. The van der Waals surface area contributed by atoms with Crippen LogP contribution >= 0.6 is 15.9 Å². The van der Waals surface area contributed by atoms with E-state index in [4.69, 9.17) is 0 Å². The van der Waals surface area contributed by atoms with Crippen molar-refractivity contribution in [1.29, 1.82) is 0 Å². The molecule has 0 spiro atoms. The first-order chi connectivity index (χ1) is 9.51. The number of carbonyl (C=O) groups is 2. The fourth-order valence-electron chi connectivity index (χ4n) is 2.44. The first kappa shape index (κ1) is 14.8. The summed E-state index contributed by atoms with van der Waals surface area (Å²) in [6.07, 6.45) is 2.38. The molecule has 1 unspecified atom stereocenters. The van der Waals surface area contributed by atoms with Crippen LogP contribution in [0.3, 0.4) is 0 Å². The monoisotopic (exact) mass is 337 g/mol. The van der Waals surface area contributed by atoms with Crippen LogP contribution in [0.15, 0.2) is 41.4 Å². The Morgan fingerprint density at radius 2 is 2.35 bits per heavy atom. The molecule has 0 saturated carbocycles. The molecule has 0 aliphatic carbocycles. The zero-order valence-electron chi connectivity index (χ0n) is 11.0. The number of hydrogen-bond acceptors (Lipinski definition) is 2. The van der Waals surface area contributed by atoms with E-state index in [-0.39, 0.29) is 11.8 Å². The highest BCUT2D eigenvalue weighted by atomic mass is 79.9. The maximum Gasteiger partial charge on any atom is 0.326 e. The summed E-state index contributed by atoms with van der Waals surface area (Å²) in [5.74, 6) is -1.04. The van der Waals surface area contributed by atoms with Gasteiger partial charge in [0.2, 0.25) is 5.91 Å². The lowest BCUT2D eigenvalue weighted by Crippen LogP contribution is -2.43. The van der Waals surface area contributed by atoms with Crippen molar-refractivity contribution < 1.29 is 14.7 Å². The lowest BCUT2D eigenvalue weighted by atomic mass is 10.0. The van der Waals surface area contributed by atoms with Crippen LogP contribution in [0, 0.1) is 5.92 Å². The van der Waals surface area contributed by atoms with E-state index < -0.39 is 12.0 Å². The van der Waals surface area contributed by atoms with Crippen molar-refractivity contribution in [1.82, 2.24) is 4.90 Å². The maximum atomic E-state index is 12.0. The summed E-state index contributed by atoms with van der Waals surface area (Å²) in [4.78, 5) is 24.9. The van der Waals surface area contributed by atoms with Crippen molar-refractivity contribution in [2.75, 3.05) is 6.54 Å². The lowest BCUT2D eigenvalue weighted by molar-refractivity contribution is -0.148. The summed E-state index contributed by atoms with van der Waals surface area (Å²) in [6.45, 7) is 4.12. The van der Waals surface area contributed by atoms with E-state index in [1.165, 1.54) is 4.90 Å². The molecular weight excluding hydrogens is 322 g/mol. The molecule has 1 aliphatic rings. The molecule has 0 aromatic heterocycles. The Morgan fingerprint density at radius 1 is 1.60 bits per heavy atom. The Morgan fingerprint density at radius 3 is 2.90 bits per heavy atom. The van der Waals surface area contributed by atoms with Crippen LogP contribution in [-0.2, 0) is 16.0 Å². The molecule has 1 fully saturated rings. The van der Waals surface area contributed by atoms with Crippen molar-refractivity contribution in [3.63, 3.8) is 0 Å². The topological polar surface area (TPSA) is 57.6 Å². The van der Waals surface area contributed by atoms with Gasteiger partial charge in [-0.3, -0.25) is 4.79 Å². The van der Waals surface area contributed by atoms with E-state index in [0.717, 1.165) is 10.0 Å². The van der Waals surface area contributed by atoms with Crippen LogP contribution in [0.1, 0.15) is 12.0 Å². The highest BCUT2D eigenvalue weighted by molar-refractivity contribution is 9.10. The Kier molecular flexibility index (Phi) is 4.60. The van der Waals surface area contributed by atoms with Gasteiger partial charge >= 0.3 is 5.97 Å². The first-order valence-corrected chi connectivity index (χ1v) is 7.20. The predicted octanol–water partition coefficient (Wildman–Crippen LogP) is 2.48. The van der Waals surface area contributed by atoms with Gasteiger partial charge in [0.15, 0.2) is 0 Å². The van der Waals surface area contributed by atoms with Gasteiger partial charge in [0, 0.05) is 29.8 Å². The van der Waals surface area contributed by atoms with Crippen LogP contribution in [0.4, 0.5) is 0 Å². The number of hydrogen-bond donors (Lipinski definition) is 1. The molecule has 20 heavy (non-hydrogen) atoms. The third-order valence-electron chi connectivity index (χ3n) is 3.50. The van der Waals surface area contributed by atoms with Gasteiger partial charge in [-0.1, -0.05) is 34.1 Å². The minimum absolute atomic E-state index is 0.0480. The normalized spacial score (nSPS) is 19.9. The zero-order chi connectivity index (χ0) is 14.7. The molecular formula is C15H16BrNO3. The Labute approximate surface area is 126 Å². The molecule has 0 bridgehead atoms. The van der Waals surface area contributed by atoms with Gasteiger partial charge in [0.25, 0.3) is 0 Å². The van der Waals surface area contributed by atoms with Gasteiger partial charge in [-0.2, -0.15) is 0 Å². The molecule has 1 saturated heterocycles. The lowest BCUT2D eigenvalue weighted by Gasteiger charge is -2.24. The molecule has 1 N–H and O–H groups in total. The summed E-state index contributed by atoms with van der Waals surface area (Å²) in [5, 5.41) is 9.41. The second kappa shape index (κ2) is 6.22. The summed E-state index contributed by atoms with van der Waals surface area (Å²) < 4.78 is 0.899. The number of carbonyl (C=O) groups excluding carboxylic acids is 1. The van der Waals surface area contributed by atoms with Crippen molar-refractivity contribution in [2.45, 2.75) is 18.9 Å². The number of likely N-dealkylation sites (tertiary alicyclic amines) is 1. The fraction of sp³-hybridized carbons (Fsp3) is 0.333. The van der Waals surface area contributed by atoms with Gasteiger partial charge in [0.05, 0.1) is 0 Å². The van der Waals surface area contributed by atoms with Gasteiger partial charge < -0.3 is 10.0 Å². The molecule has 2 atom stereocenters. The number of aliphatic carboxylic acids is 1. The highest BCUT2D eigenvalue weighted by Crippen LogP contribution is 2.23. The number of rotatable bonds is 5. The quantitative estimate of drug-likeness (QED) is 0.839. The molecule has 0 radical (unpaired) electrons. The van der Waals surface area contributed by atoms with Crippen LogP contribution in [-0.4, -0.2) is 34.5 Å². The highest BCUT2D eigenvalue weighted by Gasteiger charge is 2.36. The minimum atomic E-state index is -0.969. The van der Waals surface area contributed by atoms with Crippen molar-refractivity contribution in [3.8, 4) is 0 Å². The minimum Gasteiger partial charge on any atom is -0.480 e. The molecule has 1 aromatic carbocycles. The molecule has 5 heteroatoms. The second-order valence-electron chi connectivity index (χ2n) is 4.93. The molecule has 1 heterocycles. The predicted molar refractivity (Wildman–Crippen MR) is 79.3 cm³/mol. The van der Waals surface area contributed by atoms with E-state index in [1.807, 2.05) is 24.3 Å². The van der Waals surface area contributed by atoms with Crippen LogP contribution in [0.5, 0.6) is 0 Å². The molecule has 106 valence electrons. The standard InChI is InChI=1S/C15H16BrNO3/c1-2-10-8-14(18)17(9-10)13(15(19)20)7-11-4-3-5-12(16)6-11/h2-6,10,13H,1,7-9H2,(H,19,20)/t10?,13-/m0/s1. The van der Waals surface area contributed by atoms with Crippen molar-refractivity contribution in [2.24, 2.45) is 5.92 Å². The van der Waals surface area contributed by atoms with Crippen LogP contribution in [0.2, 0.25) is 0 Å². The number of carboxylic acids is 1. The summed E-state index contributed by atoms with van der Waals surface area (Å²) in [7, 11) is 0. The largest absolute Gasteiger partial charge is 0.480 e. The van der Waals surface area contributed by atoms with Crippen molar-refractivity contribution >= 4 is 27.8 Å². The summed E-state index contributed by atoms with van der Waals surface area (Å²) in [5.41, 5.74) is 0.890. The maximum absolute atomic E-state index is 12.0. The number of halogens is 1. The summed E-state index contributed by atoms with van der Waals surface area (Å²) >= 11 is 3.36. The average Bonchev–Trinajstić information content (AvgIpc) is 2.77. The number of amides is 1. The number of benzene rings is 1. The third-order valence-corrected chi connectivity index (χ3v) is 3.99. The van der Waals surface area contributed by atoms with E-state index in [9.17, 15) is 14.7 Å². The van der Waals surface area contributed by atoms with Crippen LogP contribution in [0.25, 0.3) is 0 Å². The van der Waals surface area contributed by atoms with E-state index in [0.29, 0.717) is 19.4 Å². The number of nitrogens with zero attached hydrogens (tertiary/aromatic N) is 1. The Hall–Kier alpha value is -1.62. The van der Waals surface area contributed by atoms with E-state index >= 15 is 0 Å². The van der Waals surface area contributed by atoms with E-state index in [2.05, 4.69) is 22.5 Å². The Balaban J connectivity index is 2.18. The molecule has 1 amide bonds. The number of carboxylic acid groups (broad SMARTS) is 1. The molecule has 1 aliphatic heterocycles. The van der Waals surface area contributed by atoms with Gasteiger partial charge in [0.1, 0.15) is 6.04 Å². The third kappa shape index (κ3) is 3.28. The fourth-order valence-corrected chi connectivity index (χ4v) is 2.88. The molecule has 2 rings (SSSR count). The SMILES string of the molecule is C=CC1CC(=O)N([C@@H](Cc2cccc(Br)c2)C(=O)O)C1. The van der Waals surface area contributed by atoms with E-state index in [1.54, 1.807) is 6.08 Å². The van der Waals surface area contributed by atoms with Crippen molar-refractivity contribution in [3.05, 3.63) is 47.0 Å². The first-order valence-electron chi connectivity index (χ1n) is 6.40. The smallest absolute Gasteiger partial charge is 0.326 e. The van der Waals surface area contributed by atoms with Gasteiger partial charge in [-0.15, -0.1) is 6.58 Å². The van der Waals surface area contributed by atoms with Gasteiger partial charge in [-0.05, 0) is 17.7 Å².